The molecule has 5 N–H and O–H groups in total. The largest absolute Gasteiger partial charge is 0.493 e. The molecule has 1 fully saturated rings. The number of aromatic carboxylic acids is 1. The lowest BCUT2D eigenvalue weighted by Gasteiger charge is -2.40. The van der Waals surface area contributed by atoms with Gasteiger partial charge in [0.25, 0.3) is 5.91 Å². The zero-order chi connectivity index (χ0) is 31.2. The number of benzene rings is 2. The van der Waals surface area contributed by atoms with E-state index in [0.29, 0.717) is 52.7 Å². The summed E-state index contributed by atoms with van der Waals surface area (Å²) < 4.78 is 6.18. The number of aryl methyl sites for hydroxylation is 2. The van der Waals surface area contributed by atoms with Crippen LogP contribution in [-0.2, 0) is 13.0 Å². The Kier molecular flexibility index (Phi) is 7.77. The molecule has 1 saturated carbocycles. The molecule has 0 atom stereocenters. The van der Waals surface area contributed by atoms with E-state index in [0.717, 1.165) is 58.4 Å². The van der Waals surface area contributed by atoms with Crippen LogP contribution >= 0.6 is 11.3 Å². The Morgan fingerprint density at radius 3 is 2.50 bits per heavy atom. The number of ether oxygens (including phenoxy) is 1. The predicted molar refractivity (Wildman–Crippen MR) is 175 cm³/mol. The van der Waals surface area contributed by atoms with Gasteiger partial charge in [0.1, 0.15) is 5.75 Å². The number of thiophene rings is 1. The van der Waals surface area contributed by atoms with E-state index in [9.17, 15) is 14.7 Å². The van der Waals surface area contributed by atoms with Crippen LogP contribution in [0.15, 0.2) is 54.4 Å². The molecular formula is C35H36N4O4S. The lowest BCUT2D eigenvalue weighted by molar-refractivity contribution is 0.0691. The summed E-state index contributed by atoms with van der Waals surface area (Å²) in [4.78, 5) is 32.4. The molecule has 0 saturated heterocycles. The Hall–Kier alpha value is -4.47. The van der Waals surface area contributed by atoms with Crippen molar-refractivity contribution < 1.29 is 19.4 Å². The third-order valence-corrected chi connectivity index (χ3v) is 9.65. The molecule has 0 radical (unpaired) electrons. The summed E-state index contributed by atoms with van der Waals surface area (Å²) in [7, 11) is 0. The van der Waals surface area contributed by atoms with Crippen molar-refractivity contribution in [3.63, 3.8) is 0 Å². The number of amides is 1. The van der Waals surface area contributed by atoms with Crippen molar-refractivity contribution in [2.24, 2.45) is 5.73 Å². The molecule has 0 bridgehead atoms. The van der Waals surface area contributed by atoms with Gasteiger partial charge in [-0.3, -0.25) is 4.79 Å². The first-order chi connectivity index (χ1) is 21.1. The molecule has 6 rings (SSSR count). The smallest absolute Gasteiger partial charge is 0.355 e. The normalized spacial score (nSPS) is 14.7. The topological polar surface area (TPSA) is 127 Å². The Balaban J connectivity index is 1.48. The first-order valence-corrected chi connectivity index (χ1v) is 15.7. The Labute approximate surface area is 261 Å². The third kappa shape index (κ3) is 5.49. The number of aromatic nitrogens is 1. The Bertz CT molecular complexity index is 1800. The highest BCUT2D eigenvalue weighted by Crippen LogP contribution is 2.43. The second-order valence-electron chi connectivity index (χ2n) is 11.9. The monoisotopic (exact) mass is 608 g/mol. The van der Waals surface area contributed by atoms with Crippen molar-refractivity contribution in [2.45, 2.75) is 58.5 Å². The van der Waals surface area contributed by atoms with E-state index in [4.69, 9.17) is 10.5 Å². The maximum absolute atomic E-state index is 14.2. The zero-order valence-electron chi connectivity index (χ0n) is 25.2. The molecule has 226 valence electrons. The lowest BCUT2D eigenvalue weighted by atomic mass is 9.78. The first kappa shape index (κ1) is 29.6. The number of carboxylic acids is 1. The van der Waals surface area contributed by atoms with Crippen LogP contribution in [-0.4, -0.2) is 34.1 Å². The maximum atomic E-state index is 14.2. The summed E-state index contributed by atoms with van der Waals surface area (Å²) in [5.74, 6) is -0.959. The summed E-state index contributed by atoms with van der Waals surface area (Å²) in [6.45, 7) is 11.0. The van der Waals surface area contributed by atoms with E-state index in [1.54, 1.807) is 29.5 Å². The quantitative estimate of drug-likeness (QED) is 0.171. The van der Waals surface area contributed by atoms with Gasteiger partial charge in [-0.2, -0.15) is 0 Å². The van der Waals surface area contributed by atoms with E-state index < -0.39 is 5.97 Å². The van der Waals surface area contributed by atoms with Crippen LogP contribution in [0.25, 0.3) is 27.3 Å². The predicted octanol–water partition coefficient (Wildman–Crippen LogP) is 6.94. The lowest BCUT2D eigenvalue weighted by Crippen LogP contribution is -2.46. The number of carbonyl (C=O) groups excluding carboxylic acids is 1. The summed E-state index contributed by atoms with van der Waals surface area (Å²) in [6.07, 6.45) is 3.91. The average molecular weight is 609 g/mol. The molecule has 9 heteroatoms. The van der Waals surface area contributed by atoms with Gasteiger partial charge in [-0.25, -0.2) is 9.78 Å². The summed E-state index contributed by atoms with van der Waals surface area (Å²) in [5, 5.41) is 18.9. The van der Waals surface area contributed by atoms with Gasteiger partial charge < -0.3 is 26.2 Å². The molecule has 3 heterocycles. The Morgan fingerprint density at radius 2 is 1.84 bits per heavy atom. The first-order valence-electron chi connectivity index (χ1n) is 14.8. The van der Waals surface area contributed by atoms with Gasteiger partial charge in [-0.05, 0) is 98.0 Å². The SMILES string of the molecule is C=C(NC1(C)CCC1)c1ccc(-c2cc3c(cc2C(=O)Nc2c(C)cc(CN)cc2C)-c2sccc2CCO3)c(C(=O)O)n1. The van der Waals surface area contributed by atoms with E-state index in [1.807, 2.05) is 37.4 Å². The van der Waals surface area contributed by atoms with Crippen LogP contribution < -0.4 is 21.1 Å². The number of anilines is 1. The zero-order valence-corrected chi connectivity index (χ0v) is 26.0. The number of hydrogen-bond acceptors (Lipinski definition) is 7. The van der Waals surface area contributed by atoms with Crippen molar-refractivity contribution >= 4 is 34.6 Å². The van der Waals surface area contributed by atoms with Gasteiger partial charge >= 0.3 is 5.97 Å². The van der Waals surface area contributed by atoms with Gasteiger partial charge in [0.15, 0.2) is 5.69 Å². The minimum Gasteiger partial charge on any atom is -0.493 e. The summed E-state index contributed by atoms with van der Waals surface area (Å²) >= 11 is 1.59. The fourth-order valence-corrected chi connectivity index (χ4v) is 7.12. The Morgan fingerprint density at radius 1 is 1.09 bits per heavy atom. The van der Waals surface area contributed by atoms with E-state index in [-0.39, 0.29) is 17.1 Å². The van der Waals surface area contributed by atoms with E-state index in [1.165, 1.54) is 0 Å². The number of carboxylic acid groups (broad SMARTS) is 1. The highest BCUT2D eigenvalue weighted by molar-refractivity contribution is 7.13. The van der Waals surface area contributed by atoms with Crippen molar-refractivity contribution in [2.75, 3.05) is 11.9 Å². The van der Waals surface area contributed by atoms with Crippen molar-refractivity contribution in [1.29, 1.82) is 0 Å². The van der Waals surface area contributed by atoms with Crippen LogP contribution in [0.2, 0.25) is 0 Å². The van der Waals surface area contributed by atoms with Gasteiger partial charge in [-0.15, -0.1) is 11.3 Å². The van der Waals surface area contributed by atoms with Gasteiger partial charge in [-0.1, -0.05) is 18.7 Å². The molecule has 2 aromatic carbocycles. The number of nitrogens with zero attached hydrogens (tertiary/aromatic N) is 1. The van der Waals surface area contributed by atoms with Crippen molar-refractivity contribution in [3.8, 4) is 27.3 Å². The second kappa shape index (κ2) is 11.6. The van der Waals surface area contributed by atoms with E-state index >= 15 is 0 Å². The van der Waals surface area contributed by atoms with Crippen molar-refractivity contribution in [1.82, 2.24) is 10.3 Å². The third-order valence-electron chi connectivity index (χ3n) is 8.66. The molecule has 1 aliphatic heterocycles. The van der Waals surface area contributed by atoms with Crippen LogP contribution in [0.1, 0.15) is 75.0 Å². The van der Waals surface area contributed by atoms with Crippen LogP contribution in [0.3, 0.4) is 0 Å². The minimum absolute atomic E-state index is 0.0698. The molecule has 8 nitrogen and oxygen atoms in total. The van der Waals surface area contributed by atoms with Gasteiger partial charge in [0.05, 0.1) is 18.0 Å². The molecule has 0 spiro atoms. The standard InChI is InChI=1S/C35H36N4O4S/c1-19-14-22(18-36)15-20(2)30(19)38-33(40)26-16-27-29(43-12-8-23-9-13-44-32(23)27)17-25(26)24-6-7-28(37-31(24)34(41)42)21(3)39-35(4)10-5-11-35/h6-7,9,13-17,39H,3,5,8,10-12,18,36H2,1-2,4H3,(H,38,40)(H,41,42). The number of nitrogens with two attached hydrogens (primary N) is 1. The number of carbonyl (C=O) groups is 2. The number of rotatable bonds is 8. The molecule has 4 aromatic rings. The molecule has 2 aromatic heterocycles. The number of nitrogens with one attached hydrogen (secondary N) is 2. The van der Waals surface area contributed by atoms with Gasteiger partial charge in [0.2, 0.25) is 0 Å². The van der Waals surface area contributed by atoms with Gasteiger partial charge in [0, 0.05) is 51.3 Å². The average Bonchev–Trinajstić information content (AvgIpc) is 3.38. The number of fused-ring (bicyclic) bond motifs is 3. The second-order valence-corrected chi connectivity index (χ2v) is 12.9. The highest BCUT2D eigenvalue weighted by Gasteiger charge is 2.32. The molecule has 0 unspecified atom stereocenters. The van der Waals surface area contributed by atoms with Crippen LogP contribution in [0.5, 0.6) is 5.75 Å². The molecule has 2 aliphatic rings. The number of pyridine rings is 1. The fourth-order valence-electron chi connectivity index (χ4n) is 6.14. The minimum atomic E-state index is -1.20. The fraction of sp³-hybridized carbons (Fsp3) is 0.286. The van der Waals surface area contributed by atoms with Crippen LogP contribution in [0.4, 0.5) is 5.69 Å². The number of hydrogen-bond donors (Lipinski definition) is 4. The summed E-state index contributed by atoms with van der Waals surface area (Å²) in [6, 6.07) is 13.1. The molecule has 1 amide bonds. The molecular weight excluding hydrogens is 572 g/mol. The summed E-state index contributed by atoms with van der Waals surface area (Å²) in [5.41, 5.74) is 13.1. The maximum Gasteiger partial charge on any atom is 0.355 e. The molecule has 44 heavy (non-hydrogen) atoms. The van der Waals surface area contributed by atoms with Crippen molar-refractivity contribution in [3.05, 3.63) is 93.6 Å². The highest BCUT2D eigenvalue weighted by atomic mass is 32.1. The molecule has 1 aliphatic carbocycles. The van der Waals surface area contributed by atoms with E-state index in [2.05, 4.69) is 35.2 Å². The van der Waals surface area contributed by atoms with Crippen LogP contribution in [0, 0.1) is 13.8 Å².